The Kier molecular flexibility index (Phi) is 2.16. The van der Waals surface area contributed by atoms with Gasteiger partial charge in [-0.2, -0.15) is 0 Å². The highest BCUT2D eigenvalue weighted by atomic mass is 16.6. The van der Waals surface area contributed by atoms with Crippen molar-refractivity contribution >= 4 is 6.29 Å². The molecule has 0 aliphatic carbocycles. The summed E-state index contributed by atoms with van der Waals surface area (Å²) in [4.78, 5) is 11.0. The first kappa shape index (κ1) is 9.41. The van der Waals surface area contributed by atoms with E-state index in [0.29, 0.717) is 0 Å². The Hall–Kier alpha value is -1.15. The summed E-state index contributed by atoms with van der Waals surface area (Å²) in [6.45, 7) is 4.02. The number of epoxide rings is 1. The van der Waals surface area contributed by atoms with Gasteiger partial charge in [0.15, 0.2) is 11.9 Å². The van der Waals surface area contributed by atoms with Crippen molar-refractivity contribution in [1.82, 2.24) is 0 Å². The molecule has 0 spiro atoms. The largest absolute Gasteiger partial charge is 0.353 e. The molecule has 0 N–H and O–H groups in total. The van der Waals surface area contributed by atoms with Crippen LogP contribution in [-0.2, 0) is 9.53 Å². The van der Waals surface area contributed by atoms with E-state index < -0.39 is 5.60 Å². The molecule has 1 aliphatic rings. The fourth-order valence-corrected chi connectivity index (χ4v) is 1.79. The number of hydrogen-bond acceptors (Lipinski definition) is 2. The van der Waals surface area contributed by atoms with Gasteiger partial charge in [-0.15, -0.1) is 0 Å². The zero-order valence-corrected chi connectivity index (χ0v) is 8.44. The van der Waals surface area contributed by atoms with Crippen LogP contribution in [0.2, 0.25) is 0 Å². The van der Waals surface area contributed by atoms with Crippen LogP contribution < -0.4 is 0 Å². The molecule has 2 atom stereocenters. The second-order valence-corrected chi connectivity index (χ2v) is 4.03. The van der Waals surface area contributed by atoms with Crippen molar-refractivity contribution in [2.45, 2.75) is 25.6 Å². The van der Waals surface area contributed by atoms with Gasteiger partial charge in [-0.1, -0.05) is 44.2 Å². The van der Waals surface area contributed by atoms with Gasteiger partial charge in [0, 0.05) is 0 Å². The standard InChI is InChI=1S/C12H14O2/c1-9(2)12(8-13)11(14-12)10-6-4-3-5-7-10/h3-9,11H,1-2H3. The van der Waals surface area contributed by atoms with E-state index in [2.05, 4.69) is 0 Å². The van der Waals surface area contributed by atoms with Gasteiger partial charge in [0.05, 0.1) is 0 Å². The summed E-state index contributed by atoms with van der Waals surface area (Å²) in [5.41, 5.74) is 0.523. The van der Waals surface area contributed by atoms with Crippen LogP contribution in [0.3, 0.4) is 0 Å². The molecule has 2 unspecified atom stereocenters. The first-order valence-electron chi connectivity index (χ1n) is 4.90. The molecule has 0 radical (unpaired) electrons. The van der Waals surface area contributed by atoms with E-state index in [1.165, 1.54) is 0 Å². The summed E-state index contributed by atoms with van der Waals surface area (Å²) < 4.78 is 5.53. The molecule has 0 amide bonds. The van der Waals surface area contributed by atoms with Gasteiger partial charge in [0.2, 0.25) is 0 Å². The Labute approximate surface area is 83.9 Å². The maximum atomic E-state index is 11.0. The SMILES string of the molecule is CC(C)C1(C=O)OC1c1ccccc1. The highest BCUT2D eigenvalue weighted by molar-refractivity contribution is 5.69. The van der Waals surface area contributed by atoms with Gasteiger partial charge in [-0.05, 0) is 11.5 Å². The number of rotatable bonds is 3. The Morgan fingerprint density at radius 3 is 2.43 bits per heavy atom. The van der Waals surface area contributed by atoms with Crippen LogP contribution in [0.1, 0.15) is 25.5 Å². The third kappa shape index (κ3) is 1.26. The second kappa shape index (κ2) is 3.21. The molecule has 0 saturated carbocycles. The predicted octanol–water partition coefficient (Wildman–Crippen LogP) is 2.35. The fourth-order valence-electron chi connectivity index (χ4n) is 1.79. The highest BCUT2D eigenvalue weighted by Gasteiger charge is 2.59. The van der Waals surface area contributed by atoms with E-state index in [-0.39, 0.29) is 12.0 Å². The molecule has 1 saturated heterocycles. The van der Waals surface area contributed by atoms with Crippen LogP contribution in [0, 0.1) is 5.92 Å². The van der Waals surface area contributed by atoms with Gasteiger partial charge in [-0.3, -0.25) is 4.79 Å². The normalized spacial score (nSPS) is 30.4. The van der Waals surface area contributed by atoms with Crippen LogP contribution in [0.25, 0.3) is 0 Å². The lowest BCUT2D eigenvalue weighted by Crippen LogP contribution is -2.21. The van der Waals surface area contributed by atoms with Crippen molar-refractivity contribution < 1.29 is 9.53 Å². The predicted molar refractivity (Wildman–Crippen MR) is 53.9 cm³/mol. The maximum absolute atomic E-state index is 11.0. The molecular weight excluding hydrogens is 176 g/mol. The highest BCUT2D eigenvalue weighted by Crippen LogP contribution is 2.52. The summed E-state index contributed by atoms with van der Waals surface area (Å²) in [7, 11) is 0. The van der Waals surface area contributed by atoms with E-state index in [1.807, 2.05) is 44.2 Å². The molecule has 1 heterocycles. The number of carbonyl (C=O) groups is 1. The first-order chi connectivity index (χ1) is 6.70. The van der Waals surface area contributed by atoms with Crippen molar-refractivity contribution in [1.29, 1.82) is 0 Å². The average Bonchev–Trinajstić information content (AvgIpc) is 2.95. The Morgan fingerprint density at radius 1 is 1.36 bits per heavy atom. The number of benzene rings is 1. The van der Waals surface area contributed by atoms with E-state index in [4.69, 9.17) is 4.74 Å². The maximum Gasteiger partial charge on any atom is 0.156 e. The molecule has 1 aliphatic heterocycles. The number of carbonyl (C=O) groups excluding carboxylic acids is 1. The van der Waals surface area contributed by atoms with E-state index in [0.717, 1.165) is 11.8 Å². The molecule has 2 rings (SSSR count). The molecule has 2 nitrogen and oxygen atoms in total. The monoisotopic (exact) mass is 190 g/mol. The lowest BCUT2D eigenvalue weighted by molar-refractivity contribution is -0.113. The fraction of sp³-hybridized carbons (Fsp3) is 0.417. The minimum atomic E-state index is -0.568. The molecule has 0 bridgehead atoms. The summed E-state index contributed by atoms with van der Waals surface area (Å²) in [6.07, 6.45) is 0.899. The van der Waals surface area contributed by atoms with Crippen LogP contribution in [0.15, 0.2) is 30.3 Å². The van der Waals surface area contributed by atoms with Gasteiger partial charge in [0.25, 0.3) is 0 Å². The Bertz CT molecular complexity index is 331. The lowest BCUT2D eigenvalue weighted by atomic mass is 9.90. The summed E-state index contributed by atoms with van der Waals surface area (Å²) in [5.74, 6) is 0.227. The second-order valence-electron chi connectivity index (χ2n) is 4.03. The van der Waals surface area contributed by atoms with E-state index >= 15 is 0 Å². The smallest absolute Gasteiger partial charge is 0.156 e. The molecule has 1 aromatic rings. The van der Waals surface area contributed by atoms with Crippen molar-refractivity contribution in [3.05, 3.63) is 35.9 Å². The van der Waals surface area contributed by atoms with Gasteiger partial charge in [-0.25, -0.2) is 0 Å². The van der Waals surface area contributed by atoms with Crippen LogP contribution >= 0.6 is 0 Å². The van der Waals surface area contributed by atoms with Crippen molar-refractivity contribution in [3.63, 3.8) is 0 Å². The third-order valence-corrected chi connectivity index (χ3v) is 2.86. The van der Waals surface area contributed by atoms with E-state index in [9.17, 15) is 4.79 Å². The Morgan fingerprint density at radius 2 is 2.00 bits per heavy atom. The van der Waals surface area contributed by atoms with Crippen LogP contribution in [0.4, 0.5) is 0 Å². The van der Waals surface area contributed by atoms with Crippen molar-refractivity contribution in [2.75, 3.05) is 0 Å². The quantitative estimate of drug-likeness (QED) is 0.541. The van der Waals surface area contributed by atoms with Gasteiger partial charge in [0.1, 0.15) is 6.10 Å². The summed E-state index contributed by atoms with van der Waals surface area (Å²) >= 11 is 0. The molecule has 74 valence electrons. The molecular formula is C12H14O2. The number of ether oxygens (including phenoxy) is 1. The minimum Gasteiger partial charge on any atom is -0.353 e. The third-order valence-electron chi connectivity index (χ3n) is 2.86. The molecule has 0 aromatic heterocycles. The van der Waals surface area contributed by atoms with Crippen molar-refractivity contribution in [3.8, 4) is 0 Å². The molecule has 2 heteroatoms. The number of hydrogen-bond donors (Lipinski definition) is 0. The zero-order chi connectivity index (χ0) is 10.2. The van der Waals surface area contributed by atoms with E-state index in [1.54, 1.807) is 0 Å². The number of aldehydes is 1. The first-order valence-corrected chi connectivity index (χ1v) is 4.90. The van der Waals surface area contributed by atoms with Gasteiger partial charge < -0.3 is 4.74 Å². The lowest BCUT2D eigenvalue weighted by Gasteiger charge is -2.08. The summed E-state index contributed by atoms with van der Waals surface area (Å²) in [5, 5.41) is 0. The zero-order valence-electron chi connectivity index (χ0n) is 8.44. The average molecular weight is 190 g/mol. The molecule has 1 fully saturated rings. The van der Waals surface area contributed by atoms with Crippen molar-refractivity contribution in [2.24, 2.45) is 5.92 Å². The van der Waals surface area contributed by atoms with Gasteiger partial charge >= 0.3 is 0 Å². The minimum absolute atomic E-state index is 0.0406. The molecule has 14 heavy (non-hydrogen) atoms. The Balaban J connectivity index is 2.22. The summed E-state index contributed by atoms with van der Waals surface area (Å²) in [6, 6.07) is 9.89. The topological polar surface area (TPSA) is 29.6 Å². The van der Waals surface area contributed by atoms with Crippen LogP contribution in [-0.4, -0.2) is 11.9 Å². The molecule has 1 aromatic carbocycles. The van der Waals surface area contributed by atoms with Crippen LogP contribution in [0.5, 0.6) is 0 Å².